The number of ketones is 2. The number of hydrazone groups is 1. The van der Waals surface area contributed by atoms with Gasteiger partial charge < -0.3 is 4.74 Å². The summed E-state index contributed by atoms with van der Waals surface area (Å²) in [4.78, 5) is 38.7. The minimum Gasteiger partial charge on any atom is -0.443 e. The molecule has 1 aromatic heterocycles. The van der Waals surface area contributed by atoms with Crippen molar-refractivity contribution in [1.29, 1.82) is 0 Å². The van der Waals surface area contributed by atoms with Crippen LogP contribution in [0.5, 0.6) is 0 Å². The Labute approximate surface area is 121 Å². The summed E-state index contributed by atoms with van der Waals surface area (Å²) >= 11 is 0. The normalized spacial score (nSPS) is 15.0. The molecule has 0 atom stereocenters. The molecule has 0 unspecified atom stereocenters. The van der Waals surface area contributed by atoms with Crippen molar-refractivity contribution in [1.82, 2.24) is 4.98 Å². The van der Waals surface area contributed by atoms with Gasteiger partial charge in [-0.3, -0.25) is 15.0 Å². The van der Waals surface area contributed by atoms with Crippen LogP contribution in [0.25, 0.3) is 0 Å². The first kappa shape index (κ1) is 14.8. The fraction of sp³-hybridized carbons (Fsp3) is 0.357. The number of ether oxygens (including phenoxy) is 1. The Kier molecular flexibility index (Phi) is 4.42. The maximum Gasteiger partial charge on any atom is 0.340 e. The minimum atomic E-state index is -1.26. The van der Waals surface area contributed by atoms with E-state index in [0.29, 0.717) is 5.82 Å². The highest BCUT2D eigenvalue weighted by atomic mass is 16.6. The molecule has 1 N–H and O–H groups in total. The molecule has 7 heteroatoms. The third kappa shape index (κ3) is 3.71. The Balaban J connectivity index is 2.01. The molecule has 0 aromatic carbocycles. The number of carbonyl (C=O) groups is 3. The lowest BCUT2D eigenvalue weighted by Gasteiger charge is -2.09. The van der Waals surface area contributed by atoms with Gasteiger partial charge in [-0.25, -0.2) is 9.78 Å². The minimum absolute atomic E-state index is 0.131. The van der Waals surface area contributed by atoms with Gasteiger partial charge >= 0.3 is 5.97 Å². The number of Topliss-reactive ketones (excluding diaryl/α,β-unsaturated/α-hetero) is 2. The summed E-state index contributed by atoms with van der Waals surface area (Å²) in [6.45, 7) is 3.66. The number of nitrogens with zero attached hydrogens (tertiary/aromatic N) is 2. The highest BCUT2D eigenvalue weighted by Crippen LogP contribution is 2.16. The fourth-order valence-corrected chi connectivity index (χ4v) is 1.74. The van der Waals surface area contributed by atoms with Crippen LogP contribution < -0.4 is 5.43 Å². The van der Waals surface area contributed by atoms with Gasteiger partial charge in [0.05, 0.1) is 5.56 Å². The van der Waals surface area contributed by atoms with E-state index < -0.39 is 12.1 Å². The topological polar surface area (TPSA) is 97.7 Å². The molecule has 0 saturated heterocycles. The predicted molar refractivity (Wildman–Crippen MR) is 75.1 cm³/mol. The monoisotopic (exact) mass is 289 g/mol. The van der Waals surface area contributed by atoms with Crippen molar-refractivity contribution in [3.05, 3.63) is 23.9 Å². The molecule has 0 radical (unpaired) electrons. The number of hydrogen-bond acceptors (Lipinski definition) is 7. The van der Waals surface area contributed by atoms with Gasteiger partial charge in [0.25, 0.3) is 0 Å². The average Bonchev–Trinajstić information content (AvgIpc) is 2.77. The highest BCUT2D eigenvalue weighted by Gasteiger charge is 2.36. The van der Waals surface area contributed by atoms with Crippen molar-refractivity contribution in [2.24, 2.45) is 5.10 Å². The molecule has 1 aliphatic rings. The van der Waals surface area contributed by atoms with Gasteiger partial charge in [0.2, 0.25) is 6.10 Å². The smallest absolute Gasteiger partial charge is 0.340 e. The number of pyridine rings is 1. The van der Waals surface area contributed by atoms with Crippen LogP contribution in [0.4, 0.5) is 5.82 Å². The van der Waals surface area contributed by atoms with Crippen molar-refractivity contribution in [2.75, 3.05) is 5.43 Å². The van der Waals surface area contributed by atoms with Gasteiger partial charge in [-0.05, 0) is 26.0 Å². The molecule has 1 fully saturated rings. The van der Waals surface area contributed by atoms with E-state index in [1.165, 1.54) is 12.3 Å². The molecule has 1 heterocycles. The van der Waals surface area contributed by atoms with Gasteiger partial charge in [0.15, 0.2) is 11.6 Å². The molecule has 1 aromatic rings. The molecule has 0 amide bonds. The zero-order valence-corrected chi connectivity index (χ0v) is 11.8. The zero-order chi connectivity index (χ0) is 15.4. The first-order valence-electron chi connectivity index (χ1n) is 6.47. The van der Waals surface area contributed by atoms with Crippen molar-refractivity contribution in [3.63, 3.8) is 0 Å². The maximum atomic E-state index is 11.9. The number of carbonyl (C=O) groups excluding carboxylic acids is 3. The largest absolute Gasteiger partial charge is 0.443 e. The van der Waals surface area contributed by atoms with Crippen molar-refractivity contribution >= 4 is 29.1 Å². The van der Waals surface area contributed by atoms with E-state index in [2.05, 4.69) is 15.5 Å². The Morgan fingerprint density at radius 3 is 2.48 bits per heavy atom. The van der Waals surface area contributed by atoms with Crippen LogP contribution >= 0.6 is 0 Å². The predicted octanol–water partition coefficient (Wildman–Crippen LogP) is 1.35. The summed E-state index contributed by atoms with van der Waals surface area (Å²) in [5, 5.41) is 3.97. The SMILES string of the molecule is CC(C)=NNc1ccc(C(=O)OC2C(=O)CCC2=O)cn1. The molecule has 110 valence electrons. The lowest BCUT2D eigenvalue weighted by Crippen LogP contribution is -2.28. The van der Waals surface area contributed by atoms with E-state index in [4.69, 9.17) is 4.74 Å². The number of nitrogens with one attached hydrogen (secondary N) is 1. The lowest BCUT2D eigenvalue weighted by molar-refractivity contribution is -0.133. The Bertz CT molecular complexity index is 587. The third-order valence-electron chi connectivity index (χ3n) is 2.82. The molecule has 1 saturated carbocycles. The van der Waals surface area contributed by atoms with E-state index in [0.717, 1.165) is 5.71 Å². The molecule has 21 heavy (non-hydrogen) atoms. The second kappa shape index (κ2) is 6.25. The molecule has 0 bridgehead atoms. The number of esters is 1. The van der Waals surface area contributed by atoms with Gasteiger partial charge in [-0.2, -0.15) is 5.10 Å². The quantitative estimate of drug-likeness (QED) is 0.389. The number of rotatable bonds is 4. The second-order valence-corrected chi connectivity index (χ2v) is 4.82. The van der Waals surface area contributed by atoms with Crippen LogP contribution in [0.15, 0.2) is 23.4 Å². The summed E-state index contributed by atoms with van der Waals surface area (Å²) < 4.78 is 4.93. The summed E-state index contributed by atoms with van der Waals surface area (Å²) in [5.74, 6) is -0.974. The van der Waals surface area contributed by atoms with Crippen LogP contribution in [0.2, 0.25) is 0 Å². The van der Waals surface area contributed by atoms with E-state index in [1.807, 2.05) is 13.8 Å². The van der Waals surface area contributed by atoms with Gasteiger partial charge in [-0.1, -0.05) is 0 Å². The Morgan fingerprint density at radius 1 is 1.29 bits per heavy atom. The summed E-state index contributed by atoms with van der Waals surface area (Å²) in [5.41, 5.74) is 3.72. The zero-order valence-electron chi connectivity index (χ0n) is 11.8. The van der Waals surface area contributed by atoms with Crippen LogP contribution in [0, 0.1) is 0 Å². The van der Waals surface area contributed by atoms with Gasteiger partial charge in [-0.15, -0.1) is 0 Å². The third-order valence-corrected chi connectivity index (χ3v) is 2.82. The number of anilines is 1. The van der Waals surface area contributed by atoms with Gasteiger partial charge in [0.1, 0.15) is 5.82 Å². The van der Waals surface area contributed by atoms with Crippen molar-refractivity contribution in [2.45, 2.75) is 32.8 Å². The highest BCUT2D eigenvalue weighted by molar-refractivity contribution is 6.13. The van der Waals surface area contributed by atoms with Crippen molar-refractivity contribution in [3.8, 4) is 0 Å². The molecular weight excluding hydrogens is 274 g/mol. The van der Waals surface area contributed by atoms with Crippen LogP contribution in [-0.4, -0.2) is 34.3 Å². The standard InChI is InChI=1S/C14H15N3O4/c1-8(2)16-17-12-6-3-9(7-15-12)14(20)21-13-10(18)4-5-11(13)19/h3,6-7,13H,4-5H2,1-2H3,(H,15,17). The summed E-state index contributed by atoms with van der Waals surface area (Å²) in [7, 11) is 0. The molecule has 0 aliphatic heterocycles. The van der Waals surface area contributed by atoms with Crippen LogP contribution in [-0.2, 0) is 14.3 Å². The molecular formula is C14H15N3O4. The first-order valence-corrected chi connectivity index (χ1v) is 6.47. The van der Waals surface area contributed by atoms with Gasteiger partial charge in [0, 0.05) is 24.8 Å². The first-order chi connectivity index (χ1) is 9.97. The van der Waals surface area contributed by atoms with E-state index in [1.54, 1.807) is 6.07 Å². The number of hydrogen-bond donors (Lipinski definition) is 1. The van der Waals surface area contributed by atoms with E-state index in [9.17, 15) is 14.4 Å². The van der Waals surface area contributed by atoms with E-state index >= 15 is 0 Å². The maximum absolute atomic E-state index is 11.9. The van der Waals surface area contributed by atoms with Crippen molar-refractivity contribution < 1.29 is 19.1 Å². The molecule has 1 aliphatic carbocycles. The summed E-state index contributed by atoms with van der Waals surface area (Å²) in [6, 6.07) is 3.05. The molecule has 0 spiro atoms. The Hall–Kier alpha value is -2.57. The lowest BCUT2D eigenvalue weighted by atomic mass is 10.2. The second-order valence-electron chi connectivity index (χ2n) is 4.82. The molecule has 2 rings (SSSR count). The Morgan fingerprint density at radius 2 is 1.95 bits per heavy atom. The average molecular weight is 289 g/mol. The van der Waals surface area contributed by atoms with Crippen LogP contribution in [0.1, 0.15) is 37.0 Å². The van der Waals surface area contributed by atoms with Crippen LogP contribution in [0.3, 0.4) is 0 Å². The number of aromatic nitrogens is 1. The summed E-state index contributed by atoms with van der Waals surface area (Å²) in [6.07, 6.45) is 0.302. The molecule has 7 nitrogen and oxygen atoms in total. The fourth-order valence-electron chi connectivity index (χ4n) is 1.74. The van der Waals surface area contributed by atoms with E-state index in [-0.39, 0.29) is 30.0 Å².